The molecular formula is C24H24Br2O. The van der Waals surface area contributed by atoms with E-state index in [9.17, 15) is 0 Å². The van der Waals surface area contributed by atoms with E-state index < -0.39 is 0 Å². The van der Waals surface area contributed by atoms with E-state index in [1.807, 2.05) is 0 Å². The lowest BCUT2D eigenvalue weighted by Gasteiger charge is -2.42. The van der Waals surface area contributed by atoms with Gasteiger partial charge in [-0.3, -0.25) is 0 Å². The summed E-state index contributed by atoms with van der Waals surface area (Å²) < 4.78 is 6.48. The lowest BCUT2D eigenvalue weighted by molar-refractivity contribution is 0.467. The van der Waals surface area contributed by atoms with Gasteiger partial charge in [-0.2, -0.15) is 0 Å². The molecule has 1 aromatic heterocycles. The van der Waals surface area contributed by atoms with Gasteiger partial charge < -0.3 is 4.42 Å². The fourth-order valence-corrected chi connectivity index (χ4v) is 4.62. The minimum absolute atomic E-state index is 0.0408. The van der Waals surface area contributed by atoms with Crippen molar-refractivity contribution in [1.82, 2.24) is 0 Å². The Hall–Kier alpha value is -1.32. The largest absolute Gasteiger partial charge is 0.456 e. The molecule has 0 N–H and O–H groups in total. The highest BCUT2D eigenvalue weighted by molar-refractivity contribution is 9.13. The first-order valence-corrected chi connectivity index (χ1v) is 10.9. The number of rotatable bonds is 2. The number of alkyl halides is 2. The van der Waals surface area contributed by atoms with Crippen molar-refractivity contribution in [1.29, 1.82) is 0 Å². The maximum absolute atomic E-state index is 6.56. The number of benzene rings is 2. The number of hydrogen-bond donors (Lipinski definition) is 0. The second-order valence-corrected chi connectivity index (χ2v) is 11.7. The highest BCUT2D eigenvalue weighted by Crippen LogP contribution is 2.52. The van der Waals surface area contributed by atoms with Gasteiger partial charge in [-0.1, -0.05) is 91.5 Å². The third-order valence-electron chi connectivity index (χ3n) is 5.85. The van der Waals surface area contributed by atoms with Crippen LogP contribution < -0.4 is 0 Å². The van der Waals surface area contributed by atoms with Gasteiger partial charge in [0, 0.05) is 30.9 Å². The van der Waals surface area contributed by atoms with Gasteiger partial charge in [-0.05, 0) is 40.5 Å². The van der Waals surface area contributed by atoms with E-state index in [4.69, 9.17) is 4.42 Å². The maximum Gasteiger partial charge on any atom is 0.138 e. The number of furan rings is 1. The molecule has 1 nitrogen and oxygen atoms in total. The van der Waals surface area contributed by atoms with Gasteiger partial charge in [-0.25, -0.2) is 0 Å². The Morgan fingerprint density at radius 3 is 1.33 bits per heavy atom. The summed E-state index contributed by atoms with van der Waals surface area (Å²) in [5, 5.41) is 0. The first-order valence-electron chi connectivity index (χ1n) is 9.34. The first-order chi connectivity index (χ1) is 12.7. The molecule has 0 amide bonds. The summed E-state index contributed by atoms with van der Waals surface area (Å²) in [6.45, 7) is 8.76. The molecule has 1 aliphatic carbocycles. The van der Waals surface area contributed by atoms with Gasteiger partial charge in [0.25, 0.3) is 0 Å². The van der Waals surface area contributed by atoms with Gasteiger partial charge >= 0.3 is 0 Å². The zero-order chi connectivity index (χ0) is 19.4. The Kier molecular flexibility index (Phi) is 4.67. The van der Waals surface area contributed by atoms with Crippen molar-refractivity contribution < 1.29 is 4.42 Å². The summed E-state index contributed by atoms with van der Waals surface area (Å²) in [7, 11) is 0. The van der Waals surface area contributed by atoms with E-state index in [1.165, 1.54) is 22.3 Å². The van der Waals surface area contributed by atoms with Crippen LogP contribution in [0, 0.1) is 13.8 Å². The van der Waals surface area contributed by atoms with E-state index >= 15 is 0 Å². The summed E-state index contributed by atoms with van der Waals surface area (Å²) in [5.74, 6) is 2.02. The highest BCUT2D eigenvalue weighted by atomic mass is 79.9. The number of hydrogen-bond acceptors (Lipinski definition) is 1. The lowest BCUT2D eigenvalue weighted by Crippen LogP contribution is -2.46. The molecule has 0 fully saturated rings. The molecule has 0 aliphatic heterocycles. The smallest absolute Gasteiger partial charge is 0.138 e. The van der Waals surface area contributed by atoms with Crippen LogP contribution in [0.4, 0.5) is 0 Å². The van der Waals surface area contributed by atoms with Crippen molar-refractivity contribution >= 4 is 31.9 Å². The fraction of sp³-hybridized carbons (Fsp3) is 0.333. The Morgan fingerprint density at radius 2 is 1.00 bits per heavy atom. The highest BCUT2D eigenvalue weighted by Gasteiger charge is 2.47. The molecular weight excluding hydrogens is 464 g/mol. The van der Waals surface area contributed by atoms with E-state index in [-0.39, 0.29) is 8.65 Å². The molecule has 0 spiro atoms. The summed E-state index contributed by atoms with van der Waals surface area (Å²) in [5.41, 5.74) is 7.47. The van der Waals surface area contributed by atoms with E-state index in [1.54, 1.807) is 0 Å². The van der Waals surface area contributed by atoms with Crippen LogP contribution in [-0.2, 0) is 12.8 Å². The molecule has 0 saturated heterocycles. The number of fused-ring (bicyclic) bond motifs is 1. The van der Waals surface area contributed by atoms with Crippen LogP contribution in [-0.4, -0.2) is 8.65 Å². The number of aryl methyl sites for hydroxylation is 2. The minimum Gasteiger partial charge on any atom is -0.456 e. The van der Waals surface area contributed by atoms with Crippen LogP contribution in [0.15, 0.2) is 52.9 Å². The number of halogens is 2. The van der Waals surface area contributed by atoms with E-state index in [2.05, 4.69) is 108 Å². The van der Waals surface area contributed by atoms with Gasteiger partial charge in [0.2, 0.25) is 0 Å². The topological polar surface area (TPSA) is 13.1 Å². The van der Waals surface area contributed by atoms with Gasteiger partial charge in [-0.15, -0.1) is 0 Å². The van der Waals surface area contributed by atoms with Crippen molar-refractivity contribution in [3.8, 4) is 22.6 Å². The molecule has 1 aliphatic rings. The van der Waals surface area contributed by atoms with Gasteiger partial charge in [0.15, 0.2) is 0 Å². The monoisotopic (exact) mass is 486 g/mol. The maximum atomic E-state index is 6.56. The van der Waals surface area contributed by atoms with Gasteiger partial charge in [0.05, 0.1) is 0 Å². The molecule has 0 radical (unpaired) electrons. The normalized spacial score (nSPS) is 24.7. The third kappa shape index (κ3) is 3.34. The SMILES string of the molecule is Cc1ccc(-c2oc(-c3ccc(C)cc3)c3c2C[C@@](C)(Br)[C@](C)(Br)C3)cc1. The Bertz CT molecular complexity index is 896. The van der Waals surface area contributed by atoms with E-state index in [0.29, 0.717) is 0 Å². The van der Waals surface area contributed by atoms with Crippen molar-refractivity contribution in [2.24, 2.45) is 0 Å². The predicted octanol–water partition coefficient (Wildman–Crippen LogP) is 7.64. The van der Waals surface area contributed by atoms with Crippen LogP contribution in [0.25, 0.3) is 22.6 Å². The van der Waals surface area contributed by atoms with Crippen LogP contribution >= 0.6 is 31.9 Å². The Morgan fingerprint density at radius 1 is 0.667 bits per heavy atom. The van der Waals surface area contributed by atoms with Crippen molar-refractivity contribution in [2.45, 2.75) is 49.2 Å². The molecule has 0 saturated carbocycles. The summed E-state index contributed by atoms with van der Waals surface area (Å²) in [4.78, 5) is 0. The van der Waals surface area contributed by atoms with Crippen LogP contribution in [0.1, 0.15) is 36.1 Å². The molecule has 0 bridgehead atoms. The van der Waals surface area contributed by atoms with Crippen molar-refractivity contribution in [3.05, 3.63) is 70.8 Å². The minimum atomic E-state index is -0.0408. The van der Waals surface area contributed by atoms with E-state index in [0.717, 1.165) is 35.5 Å². The van der Waals surface area contributed by atoms with Gasteiger partial charge in [0.1, 0.15) is 11.5 Å². The standard InChI is InChI=1S/C24H24Br2O/c1-15-5-9-17(10-6-15)21-19-13-23(3,25)24(4,26)14-20(19)22(27-21)18-11-7-16(2)8-12-18/h5-12H,13-14H2,1-4H3/t23-,24-/m1/s1. The molecule has 3 aromatic rings. The summed E-state index contributed by atoms with van der Waals surface area (Å²) >= 11 is 7.98. The van der Waals surface area contributed by atoms with Crippen LogP contribution in [0.3, 0.4) is 0 Å². The Balaban J connectivity index is 1.94. The zero-order valence-electron chi connectivity index (χ0n) is 16.2. The lowest BCUT2D eigenvalue weighted by atomic mass is 9.76. The average Bonchev–Trinajstić information content (AvgIpc) is 2.93. The second-order valence-electron chi connectivity index (χ2n) is 8.20. The molecule has 27 heavy (non-hydrogen) atoms. The molecule has 0 unspecified atom stereocenters. The summed E-state index contributed by atoms with van der Waals surface area (Å²) in [6, 6.07) is 17.3. The van der Waals surface area contributed by atoms with Crippen LogP contribution in [0.2, 0.25) is 0 Å². The zero-order valence-corrected chi connectivity index (χ0v) is 19.4. The fourth-order valence-electron chi connectivity index (χ4n) is 3.78. The van der Waals surface area contributed by atoms with Crippen LogP contribution in [0.5, 0.6) is 0 Å². The quantitative estimate of drug-likeness (QED) is 0.338. The van der Waals surface area contributed by atoms with Crippen molar-refractivity contribution in [3.63, 3.8) is 0 Å². The average molecular weight is 488 g/mol. The Labute approximate surface area is 178 Å². The molecule has 2 atom stereocenters. The summed E-state index contributed by atoms with van der Waals surface area (Å²) in [6.07, 6.45) is 1.84. The predicted molar refractivity (Wildman–Crippen MR) is 121 cm³/mol. The second kappa shape index (κ2) is 6.63. The molecule has 4 rings (SSSR count). The van der Waals surface area contributed by atoms with Crippen molar-refractivity contribution in [2.75, 3.05) is 0 Å². The molecule has 3 heteroatoms. The molecule has 1 heterocycles. The molecule has 140 valence electrons. The first kappa shape index (κ1) is 19.0. The molecule has 2 aromatic carbocycles. The third-order valence-corrected chi connectivity index (χ3v) is 8.69.